The predicted molar refractivity (Wildman–Crippen MR) is 71.7 cm³/mol. The normalized spacial score (nSPS) is 16.5. The van der Waals surface area contributed by atoms with E-state index in [0.29, 0.717) is 26.2 Å². The average Bonchev–Trinajstić information content (AvgIpc) is 2.85. The molecule has 0 unspecified atom stereocenters. The van der Waals surface area contributed by atoms with E-state index in [1.807, 2.05) is 18.2 Å². The number of nitrogens with zero attached hydrogens (tertiary/aromatic N) is 1. The van der Waals surface area contributed by atoms with Gasteiger partial charge in [0.2, 0.25) is 0 Å². The van der Waals surface area contributed by atoms with Crippen molar-refractivity contribution in [1.82, 2.24) is 0 Å². The topological polar surface area (TPSA) is 66.1 Å². The van der Waals surface area contributed by atoms with Crippen LogP contribution in [0.1, 0.15) is 12.0 Å². The summed E-state index contributed by atoms with van der Waals surface area (Å²) in [4.78, 5) is 0. The maximum atomic E-state index is 5.68. The van der Waals surface area contributed by atoms with Crippen LogP contribution in [0.3, 0.4) is 0 Å². The van der Waals surface area contributed by atoms with E-state index in [4.69, 9.17) is 20.1 Å². The van der Waals surface area contributed by atoms with E-state index in [1.54, 1.807) is 6.21 Å². The maximum Gasteiger partial charge on any atom is 0.161 e. The minimum Gasteiger partial charge on any atom is -0.493 e. The minimum atomic E-state index is -0.146. The lowest BCUT2D eigenvalue weighted by atomic mass is 10.2. The molecular weight excluding hydrogens is 300 g/mol. The van der Waals surface area contributed by atoms with E-state index in [0.717, 1.165) is 15.8 Å². The van der Waals surface area contributed by atoms with E-state index >= 15 is 0 Å². The van der Waals surface area contributed by atoms with Crippen molar-refractivity contribution >= 4 is 22.1 Å². The second-order valence-electron chi connectivity index (χ2n) is 3.77. The number of hydrogen-bond donors (Lipinski definition) is 1. The van der Waals surface area contributed by atoms with Gasteiger partial charge in [0.25, 0.3) is 0 Å². The molecule has 0 saturated carbocycles. The van der Waals surface area contributed by atoms with Crippen molar-refractivity contribution in [3.63, 3.8) is 0 Å². The predicted octanol–water partition coefficient (Wildman–Crippen LogP) is 1.88. The fourth-order valence-electron chi connectivity index (χ4n) is 1.67. The van der Waals surface area contributed by atoms with Crippen molar-refractivity contribution in [2.45, 2.75) is 12.7 Å². The third kappa shape index (κ3) is 3.69. The molecule has 1 heterocycles. The third-order valence-electron chi connectivity index (χ3n) is 2.49. The van der Waals surface area contributed by atoms with Crippen LogP contribution in [0, 0.1) is 0 Å². The van der Waals surface area contributed by atoms with Gasteiger partial charge in [0.05, 0.1) is 26.0 Å². The van der Waals surface area contributed by atoms with Crippen molar-refractivity contribution in [1.29, 1.82) is 0 Å². The van der Waals surface area contributed by atoms with E-state index in [9.17, 15) is 0 Å². The Balaban J connectivity index is 1.91. The lowest BCUT2D eigenvalue weighted by Gasteiger charge is -2.12. The fraction of sp³-hybridized carbons (Fsp3) is 0.417. The summed E-state index contributed by atoms with van der Waals surface area (Å²) in [6.45, 7) is 1.85. The molecule has 0 spiro atoms. The van der Waals surface area contributed by atoms with E-state index in [-0.39, 0.29) is 6.29 Å². The Morgan fingerprint density at radius 2 is 2.22 bits per heavy atom. The average molecular weight is 315 g/mol. The van der Waals surface area contributed by atoms with Gasteiger partial charge in [-0.3, -0.25) is 0 Å². The second kappa shape index (κ2) is 6.72. The molecule has 0 atom stereocenters. The van der Waals surface area contributed by atoms with Gasteiger partial charge in [-0.15, -0.1) is 0 Å². The Hall–Kier alpha value is -1.11. The quantitative estimate of drug-likeness (QED) is 0.512. The van der Waals surface area contributed by atoms with Gasteiger partial charge < -0.3 is 20.1 Å². The molecule has 1 aromatic carbocycles. The molecule has 1 aromatic rings. The van der Waals surface area contributed by atoms with Gasteiger partial charge in [-0.1, -0.05) is 15.9 Å². The summed E-state index contributed by atoms with van der Waals surface area (Å²) < 4.78 is 17.3. The number of benzene rings is 1. The molecule has 1 aliphatic heterocycles. The van der Waals surface area contributed by atoms with Crippen LogP contribution in [0.5, 0.6) is 5.75 Å². The van der Waals surface area contributed by atoms with Crippen molar-refractivity contribution in [3.8, 4) is 5.75 Å². The Morgan fingerprint density at radius 3 is 2.94 bits per heavy atom. The number of halogens is 1. The summed E-state index contributed by atoms with van der Waals surface area (Å²) in [5, 5.41) is 3.52. The molecule has 0 aromatic heterocycles. The van der Waals surface area contributed by atoms with Crippen molar-refractivity contribution < 1.29 is 14.2 Å². The molecule has 1 fully saturated rings. The highest BCUT2D eigenvalue weighted by molar-refractivity contribution is 9.10. The summed E-state index contributed by atoms with van der Waals surface area (Å²) in [5.41, 5.74) is 0.833. The van der Waals surface area contributed by atoms with Crippen LogP contribution in [0.15, 0.2) is 27.8 Å². The SMILES string of the molecule is NN=Cc1cc(Br)ccc1OCCC1OCCO1. The largest absolute Gasteiger partial charge is 0.493 e. The molecular formula is C12H15BrN2O3. The zero-order chi connectivity index (χ0) is 12.8. The molecule has 6 heteroatoms. The number of ether oxygens (including phenoxy) is 3. The number of rotatable bonds is 5. The molecule has 1 aliphatic rings. The molecule has 0 radical (unpaired) electrons. The van der Waals surface area contributed by atoms with Gasteiger partial charge in [0.15, 0.2) is 6.29 Å². The Bertz CT molecular complexity index is 420. The standard InChI is InChI=1S/C12H15BrN2O3/c13-10-1-2-11(9(7-10)8-15-14)16-4-3-12-17-5-6-18-12/h1-2,7-8,12H,3-6,14H2. The van der Waals surface area contributed by atoms with Crippen molar-refractivity contribution in [2.75, 3.05) is 19.8 Å². The van der Waals surface area contributed by atoms with Gasteiger partial charge >= 0.3 is 0 Å². The Kier molecular flexibility index (Phi) is 4.98. The van der Waals surface area contributed by atoms with E-state index < -0.39 is 0 Å². The van der Waals surface area contributed by atoms with Gasteiger partial charge in [-0.2, -0.15) is 5.10 Å². The molecule has 18 heavy (non-hydrogen) atoms. The number of hydrogen-bond acceptors (Lipinski definition) is 5. The summed E-state index contributed by atoms with van der Waals surface area (Å²) in [6, 6.07) is 5.68. The van der Waals surface area contributed by atoms with Crippen LogP contribution >= 0.6 is 15.9 Å². The van der Waals surface area contributed by atoms with Crippen LogP contribution < -0.4 is 10.6 Å². The molecule has 0 amide bonds. The van der Waals surface area contributed by atoms with Crippen LogP contribution in [0.25, 0.3) is 0 Å². The molecule has 1 saturated heterocycles. The highest BCUT2D eigenvalue weighted by Gasteiger charge is 2.15. The molecule has 0 bridgehead atoms. The summed E-state index contributed by atoms with van der Waals surface area (Å²) in [7, 11) is 0. The van der Waals surface area contributed by atoms with Crippen LogP contribution in [-0.4, -0.2) is 32.3 Å². The number of nitrogens with two attached hydrogens (primary N) is 1. The van der Waals surface area contributed by atoms with Crippen molar-refractivity contribution in [3.05, 3.63) is 28.2 Å². The first-order valence-electron chi connectivity index (χ1n) is 5.68. The van der Waals surface area contributed by atoms with Gasteiger partial charge in [0.1, 0.15) is 5.75 Å². The van der Waals surface area contributed by atoms with Gasteiger partial charge in [-0.25, -0.2) is 0 Å². The third-order valence-corrected chi connectivity index (χ3v) is 2.98. The van der Waals surface area contributed by atoms with E-state index in [1.165, 1.54) is 0 Å². The summed E-state index contributed by atoms with van der Waals surface area (Å²) in [6.07, 6.45) is 2.12. The summed E-state index contributed by atoms with van der Waals surface area (Å²) in [5.74, 6) is 5.91. The molecule has 5 nitrogen and oxygen atoms in total. The lowest BCUT2D eigenvalue weighted by Crippen LogP contribution is -2.13. The zero-order valence-corrected chi connectivity index (χ0v) is 11.4. The molecule has 2 N–H and O–H groups in total. The maximum absolute atomic E-state index is 5.68. The monoisotopic (exact) mass is 314 g/mol. The Morgan fingerprint density at radius 1 is 1.44 bits per heavy atom. The highest BCUT2D eigenvalue weighted by atomic mass is 79.9. The van der Waals surface area contributed by atoms with Crippen LogP contribution in [0.2, 0.25) is 0 Å². The molecule has 0 aliphatic carbocycles. The Labute approximate surface area is 114 Å². The van der Waals surface area contributed by atoms with Crippen LogP contribution in [-0.2, 0) is 9.47 Å². The van der Waals surface area contributed by atoms with E-state index in [2.05, 4.69) is 21.0 Å². The van der Waals surface area contributed by atoms with Gasteiger partial charge in [0, 0.05) is 16.5 Å². The smallest absolute Gasteiger partial charge is 0.161 e. The van der Waals surface area contributed by atoms with Gasteiger partial charge in [-0.05, 0) is 18.2 Å². The second-order valence-corrected chi connectivity index (χ2v) is 4.68. The molecule has 98 valence electrons. The first-order chi connectivity index (χ1) is 8.79. The zero-order valence-electron chi connectivity index (χ0n) is 9.84. The first kappa shape index (κ1) is 13.3. The van der Waals surface area contributed by atoms with Crippen molar-refractivity contribution in [2.24, 2.45) is 10.9 Å². The fourth-order valence-corrected chi connectivity index (χ4v) is 2.05. The molecule has 2 rings (SSSR count). The first-order valence-corrected chi connectivity index (χ1v) is 6.47. The van der Waals surface area contributed by atoms with Crippen LogP contribution in [0.4, 0.5) is 0 Å². The lowest BCUT2D eigenvalue weighted by molar-refractivity contribution is -0.0531. The summed E-state index contributed by atoms with van der Waals surface area (Å²) >= 11 is 3.39. The number of hydrazone groups is 1. The highest BCUT2D eigenvalue weighted by Crippen LogP contribution is 2.22. The minimum absolute atomic E-state index is 0.146.